The zero-order valence-corrected chi connectivity index (χ0v) is 12.1. The zero-order chi connectivity index (χ0) is 14.3. The fourth-order valence-electron chi connectivity index (χ4n) is 1.65. The highest BCUT2D eigenvalue weighted by Gasteiger charge is 2.13. The molecule has 1 amide bonds. The average Bonchev–Trinajstić information content (AvgIpc) is 2.38. The van der Waals surface area contributed by atoms with Gasteiger partial charge in [-0.3, -0.25) is 4.79 Å². The van der Waals surface area contributed by atoms with Crippen molar-refractivity contribution in [1.82, 2.24) is 5.32 Å². The number of nitrogens with one attached hydrogen (secondary N) is 2. The Balaban J connectivity index is 2.47. The van der Waals surface area contributed by atoms with Crippen LogP contribution in [0, 0.1) is 5.82 Å². The number of carbonyl (C=O) groups excluding carboxylic acids is 1. The Labute approximate surface area is 118 Å². The van der Waals surface area contributed by atoms with E-state index in [4.69, 9.17) is 11.6 Å². The van der Waals surface area contributed by atoms with Gasteiger partial charge in [0.1, 0.15) is 11.9 Å². The number of hydrogen-bond donors (Lipinski definition) is 2. The van der Waals surface area contributed by atoms with Gasteiger partial charge in [0, 0.05) is 6.54 Å². The molecule has 2 N–H and O–H groups in total. The normalized spacial score (nSPS) is 12.0. The van der Waals surface area contributed by atoms with Crippen molar-refractivity contribution < 1.29 is 9.18 Å². The number of unbranched alkanes of at least 4 members (excludes halogenated alkanes) is 2. The standard InChI is InChI=1S/C14H20ClFN2O/c1-3-4-5-8-17-14(19)10(2)18-13-9-11(16)6-7-12(13)15/h6-7,9-10,18H,3-5,8H2,1-2H3,(H,17,19). The minimum Gasteiger partial charge on any atom is -0.373 e. The molecule has 1 rings (SSSR count). The van der Waals surface area contributed by atoms with E-state index in [9.17, 15) is 9.18 Å². The van der Waals surface area contributed by atoms with Crippen molar-refractivity contribution in [2.45, 2.75) is 39.2 Å². The van der Waals surface area contributed by atoms with Gasteiger partial charge in [-0.15, -0.1) is 0 Å². The third kappa shape index (κ3) is 5.47. The van der Waals surface area contributed by atoms with Gasteiger partial charge in [-0.1, -0.05) is 31.4 Å². The maximum absolute atomic E-state index is 13.1. The van der Waals surface area contributed by atoms with Gasteiger partial charge in [-0.05, 0) is 31.5 Å². The molecule has 0 bridgehead atoms. The fourth-order valence-corrected chi connectivity index (χ4v) is 1.82. The summed E-state index contributed by atoms with van der Waals surface area (Å²) in [5, 5.41) is 6.14. The second kappa shape index (κ2) is 8.00. The average molecular weight is 287 g/mol. The maximum atomic E-state index is 13.1. The van der Waals surface area contributed by atoms with Crippen LogP contribution in [0.15, 0.2) is 18.2 Å². The monoisotopic (exact) mass is 286 g/mol. The summed E-state index contributed by atoms with van der Waals surface area (Å²) in [6.45, 7) is 4.49. The third-order valence-electron chi connectivity index (χ3n) is 2.77. The summed E-state index contributed by atoms with van der Waals surface area (Å²) in [6.07, 6.45) is 3.18. The molecule has 1 atom stereocenters. The van der Waals surface area contributed by atoms with E-state index >= 15 is 0 Å². The summed E-state index contributed by atoms with van der Waals surface area (Å²) < 4.78 is 13.1. The van der Waals surface area contributed by atoms with Crippen LogP contribution < -0.4 is 10.6 Å². The lowest BCUT2D eigenvalue weighted by Crippen LogP contribution is -2.38. The van der Waals surface area contributed by atoms with Crippen LogP contribution in [-0.4, -0.2) is 18.5 Å². The highest BCUT2D eigenvalue weighted by Crippen LogP contribution is 2.23. The Morgan fingerprint density at radius 2 is 2.16 bits per heavy atom. The van der Waals surface area contributed by atoms with Crippen molar-refractivity contribution in [1.29, 1.82) is 0 Å². The predicted molar refractivity (Wildman–Crippen MR) is 77.0 cm³/mol. The summed E-state index contributed by atoms with van der Waals surface area (Å²) in [7, 11) is 0. The molecule has 1 unspecified atom stereocenters. The van der Waals surface area contributed by atoms with E-state index in [1.807, 2.05) is 0 Å². The first-order valence-electron chi connectivity index (χ1n) is 6.54. The van der Waals surface area contributed by atoms with Crippen molar-refractivity contribution >= 4 is 23.2 Å². The lowest BCUT2D eigenvalue weighted by atomic mass is 10.2. The second-order valence-electron chi connectivity index (χ2n) is 4.49. The van der Waals surface area contributed by atoms with E-state index in [0.717, 1.165) is 19.3 Å². The van der Waals surface area contributed by atoms with Crippen molar-refractivity contribution in [2.24, 2.45) is 0 Å². The van der Waals surface area contributed by atoms with Crippen LogP contribution in [0.1, 0.15) is 33.1 Å². The van der Waals surface area contributed by atoms with E-state index < -0.39 is 6.04 Å². The van der Waals surface area contributed by atoms with Gasteiger partial charge in [0.15, 0.2) is 0 Å². The lowest BCUT2D eigenvalue weighted by Gasteiger charge is -2.16. The van der Waals surface area contributed by atoms with E-state index in [1.54, 1.807) is 6.92 Å². The molecule has 0 heterocycles. The molecule has 0 saturated heterocycles. The molecular weight excluding hydrogens is 267 g/mol. The lowest BCUT2D eigenvalue weighted by molar-refractivity contribution is -0.121. The Morgan fingerprint density at radius 1 is 1.42 bits per heavy atom. The number of hydrogen-bond acceptors (Lipinski definition) is 2. The molecule has 0 saturated carbocycles. The molecule has 3 nitrogen and oxygen atoms in total. The molecule has 0 aliphatic heterocycles. The largest absolute Gasteiger partial charge is 0.373 e. The van der Waals surface area contributed by atoms with E-state index in [0.29, 0.717) is 17.3 Å². The zero-order valence-electron chi connectivity index (χ0n) is 11.3. The molecular formula is C14H20ClFN2O. The Kier molecular flexibility index (Phi) is 6.64. The SMILES string of the molecule is CCCCCNC(=O)C(C)Nc1cc(F)ccc1Cl. The molecule has 0 aliphatic rings. The number of halogens is 2. The summed E-state index contributed by atoms with van der Waals surface area (Å²) in [6, 6.07) is 3.57. The maximum Gasteiger partial charge on any atom is 0.242 e. The van der Waals surface area contributed by atoms with Crippen LogP contribution in [0.2, 0.25) is 5.02 Å². The first-order valence-corrected chi connectivity index (χ1v) is 6.91. The number of amides is 1. The first kappa shape index (κ1) is 15.8. The van der Waals surface area contributed by atoms with Crippen molar-refractivity contribution in [3.8, 4) is 0 Å². The van der Waals surface area contributed by atoms with E-state index in [-0.39, 0.29) is 11.7 Å². The Bertz CT molecular complexity index is 426. The van der Waals surface area contributed by atoms with Gasteiger partial charge >= 0.3 is 0 Å². The minimum atomic E-state index is -0.457. The van der Waals surface area contributed by atoms with Gasteiger partial charge in [-0.25, -0.2) is 4.39 Å². The Hall–Kier alpha value is -1.29. The van der Waals surface area contributed by atoms with E-state index in [1.165, 1.54) is 18.2 Å². The fraction of sp³-hybridized carbons (Fsp3) is 0.500. The van der Waals surface area contributed by atoms with Gasteiger partial charge < -0.3 is 10.6 Å². The number of anilines is 1. The number of carbonyl (C=O) groups is 1. The first-order chi connectivity index (χ1) is 9.04. The minimum absolute atomic E-state index is 0.114. The van der Waals surface area contributed by atoms with Crippen LogP contribution in [0.3, 0.4) is 0 Å². The third-order valence-corrected chi connectivity index (χ3v) is 3.10. The molecule has 1 aromatic rings. The summed E-state index contributed by atoms with van der Waals surface area (Å²) >= 11 is 5.93. The van der Waals surface area contributed by atoms with Crippen LogP contribution in [0.25, 0.3) is 0 Å². The van der Waals surface area contributed by atoms with Gasteiger partial charge in [-0.2, -0.15) is 0 Å². The van der Waals surface area contributed by atoms with Gasteiger partial charge in [0.05, 0.1) is 10.7 Å². The topological polar surface area (TPSA) is 41.1 Å². The molecule has 0 radical (unpaired) electrons. The molecule has 1 aromatic carbocycles. The highest BCUT2D eigenvalue weighted by atomic mass is 35.5. The molecule has 106 valence electrons. The summed E-state index contributed by atoms with van der Waals surface area (Å²) in [5.74, 6) is -0.501. The van der Waals surface area contributed by atoms with Crippen LogP contribution in [0.4, 0.5) is 10.1 Å². The number of benzene rings is 1. The quantitative estimate of drug-likeness (QED) is 0.752. The predicted octanol–water partition coefficient (Wildman–Crippen LogP) is 3.59. The number of rotatable bonds is 7. The molecule has 0 aromatic heterocycles. The van der Waals surface area contributed by atoms with Crippen molar-refractivity contribution in [3.05, 3.63) is 29.0 Å². The summed E-state index contributed by atoms with van der Waals surface area (Å²) in [5.41, 5.74) is 0.429. The molecule has 0 fully saturated rings. The van der Waals surface area contributed by atoms with E-state index in [2.05, 4.69) is 17.6 Å². The molecule has 19 heavy (non-hydrogen) atoms. The van der Waals surface area contributed by atoms with Crippen LogP contribution in [-0.2, 0) is 4.79 Å². The van der Waals surface area contributed by atoms with Crippen LogP contribution >= 0.6 is 11.6 Å². The molecule has 0 aliphatic carbocycles. The second-order valence-corrected chi connectivity index (χ2v) is 4.90. The highest BCUT2D eigenvalue weighted by molar-refractivity contribution is 6.33. The molecule has 0 spiro atoms. The molecule has 5 heteroatoms. The van der Waals surface area contributed by atoms with Crippen LogP contribution in [0.5, 0.6) is 0 Å². The van der Waals surface area contributed by atoms with Gasteiger partial charge in [0.25, 0.3) is 0 Å². The van der Waals surface area contributed by atoms with Gasteiger partial charge in [0.2, 0.25) is 5.91 Å². The van der Waals surface area contributed by atoms with Crippen molar-refractivity contribution in [2.75, 3.05) is 11.9 Å². The van der Waals surface area contributed by atoms with Crippen molar-refractivity contribution in [3.63, 3.8) is 0 Å². The summed E-state index contributed by atoms with van der Waals surface area (Å²) in [4.78, 5) is 11.8. The smallest absolute Gasteiger partial charge is 0.242 e. The Morgan fingerprint density at radius 3 is 2.84 bits per heavy atom.